The van der Waals surface area contributed by atoms with Gasteiger partial charge >= 0.3 is 0 Å². The van der Waals surface area contributed by atoms with Crippen LogP contribution in [0.3, 0.4) is 0 Å². The highest BCUT2D eigenvalue weighted by Gasteiger charge is 2.25. The van der Waals surface area contributed by atoms with Gasteiger partial charge in [0.25, 0.3) is 0 Å². The van der Waals surface area contributed by atoms with Crippen molar-refractivity contribution in [2.75, 3.05) is 63.8 Å². The topological polar surface area (TPSA) is 101 Å². The number of nitrogens with zero attached hydrogens (tertiary/aromatic N) is 3. The van der Waals surface area contributed by atoms with Crippen molar-refractivity contribution < 1.29 is 19.3 Å². The number of benzene rings is 1. The minimum Gasteiger partial charge on any atom is -0.491 e. The Bertz CT molecular complexity index is 930. The van der Waals surface area contributed by atoms with Crippen molar-refractivity contribution in [3.63, 3.8) is 0 Å². The number of piperidine rings is 1. The molecule has 3 heterocycles. The lowest BCUT2D eigenvalue weighted by atomic mass is 10.1. The van der Waals surface area contributed by atoms with Crippen LogP contribution in [-0.4, -0.2) is 86.9 Å². The predicted octanol–water partition coefficient (Wildman–Crippen LogP) is 2.23. The fraction of sp³-hybridized carbons (Fsp3) is 0.600. The van der Waals surface area contributed by atoms with E-state index in [-0.39, 0.29) is 12.6 Å². The Kier molecular flexibility index (Phi) is 8.55. The van der Waals surface area contributed by atoms with E-state index in [0.717, 1.165) is 61.7 Å². The zero-order chi connectivity index (χ0) is 23.9. The summed E-state index contributed by atoms with van der Waals surface area (Å²) in [6, 6.07) is 7.98. The minimum absolute atomic E-state index is 0.216. The molecule has 34 heavy (non-hydrogen) atoms. The number of methoxy groups -OCH3 is 1. The normalized spacial score (nSPS) is 19.9. The third kappa shape index (κ3) is 6.15. The van der Waals surface area contributed by atoms with Crippen molar-refractivity contribution in [1.29, 1.82) is 0 Å². The second-order valence-corrected chi connectivity index (χ2v) is 9.02. The summed E-state index contributed by atoms with van der Waals surface area (Å²) in [6.07, 6.45) is 2.65. The third-order valence-corrected chi connectivity index (χ3v) is 6.44. The van der Waals surface area contributed by atoms with Gasteiger partial charge in [-0.3, -0.25) is 0 Å². The average molecular weight is 472 g/mol. The van der Waals surface area contributed by atoms with Crippen LogP contribution in [0.15, 0.2) is 24.3 Å². The molecule has 9 nitrogen and oxygen atoms in total. The molecule has 9 heteroatoms. The molecule has 2 fully saturated rings. The predicted molar refractivity (Wildman–Crippen MR) is 133 cm³/mol. The second kappa shape index (κ2) is 11.8. The molecule has 1 aromatic carbocycles. The first-order valence-electron chi connectivity index (χ1n) is 12.1. The molecular formula is C25H37N5O4. The fourth-order valence-electron chi connectivity index (χ4n) is 4.44. The summed E-state index contributed by atoms with van der Waals surface area (Å²) in [6.45, 7) is 6.03. The van der Waals surface area contributed by atoms with Crippen LogP contribution in [0.1, 0.15) is 24.8 Å². The summed E-state index contributed by atoms with van der Waals surface area (Å²) in [5, 5.41) is 16.5. The standard InChI is InChI=1S/C25H37N5O4/c1-17-23(27-19-9-12-33-15-19)28-24(29-25(17)30-10-7-21(32-3)8-11-30)18-5-4-6-22(13-18)34-16-20(31)14-26-2/h4-6,13,19-21,26,31H,7-12,14-16H2,1-3H3,(H,27,28,29)/t19-,20?/m1/s1. The molecule has 1 unspecified atom stereocenters. The van der Waals surface area contributed by atoms with Crippen molar-refractivity contribution in [2.24, 2.45) is 0 Å². The first-order valence-corrected chi connectivity index (χ1v) is 12.1. The maximum atomic E-state index is 9.97. The average Bonchev–Trinajstić information content (AvgIpc) is 3.38. The van der Waals surface area contributed by atoms with Crippen LogP contribution < -0.4 is 20.3 Å². The number of hydrogen-bond donors (Lipinski definition) is 3. The Balaban J connectivity index is 1.61. The summed E-state index contributed by atoms with van der Waals surface area (Å²) in [5.41, 5.74) is 1.92. The highest BCUT2D eigenvalue weighted by molar-refractivity contribution is 5.67. The molecule has 0 saturated carbocycles. The molecule has 2 atom stereocenters. The third-order valence-electron chi connectivity index (χ3n) is 6.44. The largest absolute Gasteiger partial charge is 0.491 e. The van der Waals surface area contributed by atoms with E-state index in [1.165, 1.54) is 0 Å². The molecule has 1 aromatic heterocycles. The molecular weight excluding hydrogens is 434 g/mol. The van der Waals surface area contributed by atoms with Crippen LogP contribution in [-0.2, 0) is 9.47 Å². The smallest absolute Gasteiger partial charge is 0.164 e. The number of aliphatic hydroxyl groups is 1. The van der Waals surface area contributed by atoms with Gasteiger partial charge in [-0.1, -0.05) is 12.1 Å². The van der Waals surface area contributed by atoms with Crippen molar-refractivity contribution in [1.82, 2.24) is 15.3 Å². The van der Waals surface area contributed by atoms with Gasteiger partial charge in [-0.05, 0) is 45.4 Å². The number of ether oxygens (including phenoxy) is 3. The fourth-order valence-corrected chi connectivity index (χ4v) is 4.44. The first kappa shape index (κ1) is 24.7. The number of likely N-dealkylation sites (N-methyl/N-ethyl adjacent to an activating group) is 1. The van der Waals surface area contributed by atoms with Crippen molar-refractivity contribution in [3.8, 4) is 17.1 Å². The van der Waals surface area contributed by atoms with Crippen LogP contribution in [0.5, 0.6) is 5.75 Å². The lowest BCUT2D eigenvalue weighted by molar-refractivity contribution is 0.0818. The van der Waals surface area contributed by atoms with Gasteiger partial charge in [0.05, 0.1) is 18.8 Å². The second-order valence-electron chi connectivity index (χ2n) is 9.02. The van der Waals surface area contributed by atoms with Gasteiger partial charge in [0.15, 0.2) is 5.82 Å². The highest BCUT2D eigenvalue weighted by Crippen LogP contribution is 2.31. The summed E-state index contributed by atoms with van der Waals surface area (Å²) in [5.74, 6) is 3.13. The van der Waals surface area contributed by atoms with Gasteiger partial charge in [-0.2, -0.15) is 0 Å². The van der Waals surface area contributed by atoms with E-state index in [1.807, 2.05) is 24.3 Å². The van der Waals surface area contributed by atoms with E-state index in [9.17, 15) is 5.11 Å². The number of rotatable bonds is 10. The Morgan fingerprint density at radius 3 is 2.76 bits per heavy atom. The number of aromatic nitrogens is 2. The minimum atomic E-state index is -0.574. The van der Waals surface area contributed by atoms with Gasteiger partial charge < -0.3 is 34.9 Å². The van der Waals surface area contributed by atoms with Crippen molar-refractivity contribution in [3.05, 3.63) is 29.8 Å². The summed E-state index contributed by atoms with van der Waals surface area (Å²) in [4.78, 5) is 12.3. The monoisotopic (exact) mass is 471 g/mol. The Hall–Kier alpha value is -2.46. The molecule has 2 aliphatic heterocycles. The van der Waals surface area contributed by atoms with E-state index in [1.54, 1.807) is 14.2 Å². The number of aliphatic hydroxyl groups excluding tert-OH is 1. The van der Waals surface area contributed by atoms with Gasteiger partial charge in [0.1, 0.15) is 30.1 Å². The molecule has 0 radical (unpaired) electrons. The van der Waals surface area contributed by atoms with Gasteiger partial charge in [-0.25, -0.2) is 9.97 Å². The van der Waals surface area contributed by atoms with E-state index < -0.39 is 6.10 Å². The Morgan fingerprint density at radius 2 is 2.06 bits per heavy atom. The van der Waals surface area contributed by atoms with Crippen LogP contribution in [0.2, 0.25) is 0 Å². The summed E-state index contributed by atoms with van der Waals surface area (Å²) in [7, 11) is 3.59. The van der Waals surface area contributed by atoms with Gasteiger partial charge in [0, 0.05) is 44.5 Å². The van der Waals surface area contributed by atoms with Crippen LogP contribution in [0.25, 0.3) is 11.4 Å². The molecule has 0 amide bonds. The highest BCUT2D eigenvalue weighted by atomic mass is 16.5. The summed E-state index contributed by atoms with van der Waals surface area (Å²) < 4.78 is 16.9. The molecule has 0 bridgehead atoms. The Morgan fingerprint density at radius 1 is 1.24 bits per heavy atom. The van der Waals surface area contributed by atoms with Crippen molar-refractivity contribution >= 4 is 11.6 Å². The summed E-state index contributed by atoms with van der Waals surface area (Å²) >= 11 is 0. The lowest BCUT2D eigenvalue weighted by Gasteiger charge is -2.33. The quantitative estimate of drug-likeness (QED) is 0.481. The molecule has 0 spiro atoms. The molecule has 2 aromatic rings. The molecule has 186 valence electrons. The maximum absolute atomic E-state index is 9.97. The van der Waals surface area contributed by atoms with E-state index in [2.05, 4.69) is 22.5 Å². The van der Waals surface area contributed by atoms with Crippen LogP contribution >= 0.6 is 0 Å². The zero-order valence-electron chi connectivity index (χ0n) is 20.4. The number of nitrogens with one attached hydrogen (secondary N) is 2. The van der Waals surface area contributed by atoms with Gasteiger partial charge in [0.2, 0.25) is 0 Å². The van der Waals surface area contributed by atoms with E-state index in [0.29, 0.717) is 30.8 Å². The number of hydrogen-bond acceptors (Lipinski definition) is 9. The molecule has 4 rings (SSSR count). The molecule has 3 N–H and O–H groups in total. The van der Waals surface area contributed by atoms with Crippen molar-refractivity contribution in [2.45, 2.75) is 44.4 Å². The maximum Gasteiger partial charge on any atom is 0.164 e. The van der Waals surface area contributed by atoms with E-state index in [4.69, 9.17) is 24.2 Å². The molecule has 2 saturated heterocycles. The zero-order valence-corrected chi connectivity index (χ0v) is 20.4. The van der Waals surface area contributed by atoms with Crippen LogP contribution in [0, 0.1) is 6.92 Å². The molecule has 0 aliphatic carbocycles. The van der Waals surface area contributed by atoms with E-state index >= 15 is 0 Å². The van der Waals surface area contributed by atoms with Gasteiger partial charge in [-0.15, -0.1) is 0 Å². The van der Waals surface area contributed by atoms with Crippen LogP contribution in [0.4, 0.5) is 11.6 Å². The Labute approximate surface area is 201 Å². The lowest BCUT2D eigenvalue weighted by Crippen LogP contribution is -2.37. The SMILES string of the molecule is CNCC(O)COc1cccc(-c2nc(N[C@@H]3CCOC3)c(C)c(N3CCC(OC)CC3)n2)c1. The molecule has 2 aliphatic rings. The first-order chi connectivity index (χ1) is 16.6. The number of anilines is 2.